The standard InChI is InChI=1S/C32H32FN3O4S/c1-25-7-17-31(18-8-25)41(38,39)36(23-26-5-3-2-4-6-26)29-13-15-30(16-14-29)40-24-32(37)35-21-19-34(20-22-35)28-11-9-27(33)10-12-28/h2-18H,19-24H2,1H3. The van der Waals surface area contributed by atoms with Crippen LogP contribution in [0.15, 0.2) is 108 Å². The number of sulfonamides is 1. The molecular weight excluding hydrogens is 541 g/mol. The van der Waals surface area contributed by atoms with Crippen LogP contribution < -0.4 is 13.9 Å². The van der Waals surface area contributed by atoms with Crippen LogP contribution in [0.4, 0.5) is 15.8 Å². The summed E-state index contributed by atoms with van der Waals surface area (Å²) < 4.78 is 47.7. The normalized spacial score (nSPS) is 13.6. The molecule has 0 aliphatic carbocycles. The topological polar surface area (TPSA) is 70.2 Å². The maximum Gasteiger partial charge on any atom is 0.264 e. The number of halogens is 1. The SMILES string of the molecule is Cc1ccc(S(=O)(=O)N(Cc2ccccc2)c2ccc(OCC(=O)N3CCN(c4ccc(F)cc4)CC3)cc2)cc1. The molecule has 41 heavy (non-hydrogen) atoms. The maximum absolute atomic E-state index is 13.7. The molecule has 0 saturated carbocycles. The van der Waals surface area contributed by atoms with Gasteiger partial charge in [-0.15, -0.1) is 0 Å². The minimum absolute atomic E-state index is 0.120. The first-order chi connectivity index (χ1) is 19.8. The Morgan fingerprint density at radius 1 is 0.829 bits per heavy atom. The van der Waals surface area contributed by atoms with Gasteiger partial charge in [0.1, 0.15) is 11.6 Å². The van der Waals surface area contributed by atoms with Crippen molar-refractivity contribution < 1.29 is 22.3 Å². The highest BCUT2D eigenvalue weighted by Gasteiger charge is 2.26. The highest BCUT2D eigenvalue weighted by molar-refractivity contribution is 7.92. The monoisotopic (exact) mass is 573 g/mol. The summed E-state index contributed by atoms with van der Waals surface area (Å²) in [7, 11) is -3.84. The van der Waals surface area contributed by atoms with Crippen LogP contribution in [0.25, 0.3) is 0 Å². The van der Waals surface area contributed by atoms with Crippen LogP contribution in [0.3, 0.4) is 0 Å². The molecular formula is C32H32FN3O4S. The minimum Gasteiger partial charge on any atom is -0.484 e. The van der Waals surface area contributed by atoms with Crippen molar-refractivity contribution in [2.75, 3.05) is 42.0 Å². The first-order valence-electron chi connectivity index (χ1n) is 13.4. The Labute approximate surface area is 240 Å². The number of hydrogen-bond acceptors (Lipinski definition) is 5. The van der Waals surface area contributed by atoms with Gasteiger partial charge in [0.25, 0.3) is 15.9 Å². The van der Waals surface area contributed by atoms with Gasteiger partial charge in [0.05, 0.1) is 17.1 Å². The molecule has 212 valence electrons. The van der Waals surface area contributed by atoms with Crippen molar-refractivity contribution >= 4 is 27.3 Å². The number of ether oxygens (including phenoxy) is 1. The molecule has 1 amide bonds. The van der Waals surface area contributed by atoms with Gasteiger partial charge in [-0.1, -0.05) is 48.0 Å². The zero-order valence-electron chi connectivity index (χ0n) is 22.8. The van der Waals surface area contributed by atoms with Crippen molar-refractivity contribution in [2.24, 2.45) is 0 Å². The van der Waals surface area contributed by atoms with E-state index < -0.39 is 10.0 Å². The summed E-state index contributed by atoms with van der Waals surface area (Å²) in [5.74, 6) is 0.0736. The average Bonchev–Trinajstić information content (AvgIpc) is 3.00. The van der Waals surface area contributed by atoms with E-state index in [2.05, 4.69) is 4.90 Å². The Morgan fingerprint density at radius 2 is 1.46 bits per heavy atom. The van der Waals surface area contributed by atoms with E-state index >= 15 is 0 Å². The molecule has 5 rings (SSSR count). The van der Waals surface area contributed by atoms with Gasteiger partial charge in [-0.05, 0) is 73.2 Å². The summed E-state index contributed by atoms with van der Waals surface area (Å²) in [5.41, 5.74) is 3.25. The van der Waals surface area contributed by atoms with Crippen LogP contribution in [-0.4, -0.2) is 52.0 Å². The molecule has 1 saturated heterocycles. The van der Waals surface area contributed by atoms with E-state index in [1.165, 1.54) is 16.4 Å². The third kappa shape index (κ3) is 6.86. The lowest BCUT2D eigenvalue weighted by Crippen LogP contribution is -2.50. The lowest BCUT2D eigenvalue weighted by molar-refractivity contribution is -0.133. The van der Waals surface area contributed by atoms with Crippen molar-refractivity contribution in [1.29, 1.82) is 0 Å². The fourth-order valence-corrected chi connectivity index (χ4v) is 6.17. The lowest BCUT2D eigenvalue weighted by atomic mass is 10.2. The number of carbonyl (C=O) groups excluding carboxylic acids is 1. The van der Waals surface area contributed by atoms with Crippen LogP contribution >= 0.6 is 0 Å². The highest BCUT2D eigenvalue weighted by Crippen LogP contribution is 2.28. The lowest BCUT2D eigenvalue weighted by Gasteiger charge is -2.36. The number of carbonyl (C=O) groups is 1. The minimum atomic E-state index is -3.84. The molecule has 1 aliphatic rings. The zero-order chi connectivity index (χ0) is 28.8. The number of nitrogens with zero attached hydrogens (tertiary/aromatic N) is 3. The molecule has 0 radical (unpaired) electrons. The quantitative estimate of drug-likeness (QED) is 0.273. The molecule has 7 nitrogen and oxygen atoms in total. The van der Waals surface area contributed by atoms with Gasteiger partial charge < -0.3 is 14.5 Å². The third-order valence-electron chi connectivity index (χ3n) is 7.09. The molecule has 4 aromatic rings. The number of aryl methyl sites for hydroxylation is 1. The van der Waals surface area contributed by atoms with E-state index in [0.717, 1.165) is 16.8 Å². The number of piperazine rings is 1. The number of anilines is 2. The predicted molar refractivity (Wildman–Crippen MR) is 158 cm³/mol. The van der Waals surface area contributed by atoms with Gasteiger partial charge in [-0.2, -0.15) is 0 Å². The van der Waals surface area contributed by atoms with Gasteiger partial charge in [-0.3, -0.25) is 9.10 Å². The number of hydrogen-bond donors (Lipinski definition) is 0. The van der Waals surface area contributed by atoms with Crippen LogP contribution in [0.5, 0.6) is 5.75 Å². The molecule has 0 aromatic heterocycles. The predicted octanol–water partition coefficient (Wildman–Crippen LogP) is 5.26. The van der Waals surface area contributed by atoms with E-state index in [1.54, 1.807) is 65.6 Å². The van der Waals surface area contributed by atoms with Gasteiger partial charge in [0, 0.05) is 31.9 Å². The van der Waals surface area contributed by atoms with Gasteiger partial charge in [-0.25, -0.2) is 12.8 Å². The number of rotatable bonds is 9. The molecule has 0 bridgehead atoms. The van der Waals surface area contributed by atoms with E-state index in [9.17, 15) is 17.6 Å². The summed E-state index contributed by atoms with van der Waals surface area (Å²) in [6.45, 7) is 4.35. The molecule has 1 fully saturated rings. The Morgan fingerprint density at radius 3 is 2.10 bits per heavy atom. The van der Waals surface area contributed by atoms with Crippen molar-refractivity contribution in [3.8, 4) is 5.75 Å². The second kappa shape index (κ2) is 12.4. The molecule has 1 heterocycles. The van der Waals surface area contributed by atoms with Crippen LogP contribution in [0.1, 0.15) is 11.1 Å². The van der Waals surface area contributed by atoms with Crippen molar-refractivity contribution in [3.05, 3.63) is 120 Å². The second-order valence-corrected chi connectivity index (χ2v) is 11.8. The van der Waals surface area contributed by atoms with Gasteiger partial charge in [0.2, 0.25) is 0 Å². The molecule has 0 N–H and O–H groups in total. The first-order valence-corrected chi connectivity index (χ1v) is 14.9. The van der Waals surface area contributed by atoms with E-state index in [-0.39, 0.29) is 29.8 Å². The highest BCUT2D eigenvalue weighted by atomic mass is 32.2. The third-order valence-corrected chi connectivity index (χ3v) is 8.88. The van der Waals surface area contributed by atoms with Crippen LogP contribution in [-0.2, 0) is 21.4 Å². The molecule has 1 aliphatic heterocycles. The molecule has 0 atom stereocenters. The first kappa shape index (κ1) is 28.2. The molecule has 4 aromatic carbocycles. The van der Waals surface area contributed by atoms with Crippen LogP contribution in [0.2, 0.25) is 0 Å². The van der Waals surface area contributed by atoms with Gasteiger partial charge >= 0.3 is 0 Å². The summed E-state index contributed by atoms with van der Waals surface area (Å²) >= 11 is 0. The Bertz CT molecular complexity index is 1550. The maximum atomic E-state index is 13.7. The summed E-state index contributed by atoms with van der Waals surface area (Å²) in [5, 5.41) is 0. The average molecular weight is 574 g/mol. The molecule has 0 spiro atoms. The van der Waals surface area contributed by atoms with E-state index in [1.807, 2.05) is 37.3 Å². The fourth-order valence-electron chi connectivity index (χ4n) is 4.71. The Hall–Kier alpha value is -4.37. The summed E-state index contributed by atoms with van der Waals surface area (Å²) in [4.78, 5) is 16.9. The second-order valence-electron chi connectivity index (χ2n) is 9.94. The number of benzene rings is 4. The van der Waals surface area contributed by atoms with Crippen molar-refractivity contribution in [3.63, 3.8) is 0 Å². The number of amides is 1. The van der Waals surface area contributed by atoms with Crippen LogP contribution in [0, 0.1) is 12.7 Å². The summed E-state index contributed by atoms with van der Waals surface area (Å²) in [6.07, 6.45) is 0. The smallest absolute Gasteiger partial charge is 0.264 e. The van der Waals surface area contributed by atoms with E-state index in [0.29, 0.717) is 37.6 Å². The van der Waals surface area contributed by atoms with Crippen molar-refractivity contribution in [1.82, 2.24) is 4.90 Å². The largest absolute Gasteiger partial charge is 0.484 e. The van der Waals surface area contributed by atoms with E-state index in [4.69, 9.17) is 4.74 Å². The molecule has 9 heteroatoms. The van der Waals surface area contributed by atoms with Crippen molar-refractivity contribution in [2.45, 2.75) is 18.4 Å². The molecule has 0 unspecified atom stereocenters. The summed E-state index contributed by atoms with van der Waals surface area (Å²) in [6, 6.07) is 29.3. The Kier molecular flexibility index (Phi) is 8.54. The zero-order valence-corrected chi connectivity index (χ0v) is 23.6. The van der Waals surface area contributed by atoms with Gasteiger partial charge in [0.15, 0.2) is 6.61 Å². The fraction of sp³-hybridized carbons (Fsp3) is 0.219. The Balaban J connectivity index is 1.23.